The van der Waals surface area contributed by atoms with Gasteiger partial charge >= 0.3 is 0 Å². The van der Waals surface area contributed by atoms with Crippen molar-refractivity contribution in [1.82, 2.24) is 4.90 Å². The van der Waals surface area contributed by atoms with E-state index in [2.05, 4.69) is 5.32 Å². The molecule has 2 heterocycles. The van der Waals surface area contributed by atoms with Gasteiger partial charge in [0.2, 0.25) is 0 Å². The van der Waals surface area contributed by atoms with Gasteiger partial charge in [-0.15, -0.1) is 11.3 Å². The predicted molar refractivity (Wildman–Crippen MR) is 122 cm³/mol. The number of thiophene rings is 1. The molecule has 1 saturated heterocycles. The molecule has 1 N–H and O–H groups in total. The molecule has 166 valence electrons. The summed E-state index contributed by atoms with van der Waals surface area (Å²) < 4.78 is 11.3. The number of anilines is 1. The SMILES string of the molecule is CC(C)(Oc1ccc(Cl)cc1)C(=O)Nc1sc2c(c1C(=O)N1CCOCC1)CCCC2. The molecule has 0 saturated carbocycles. The van der Waals surface area contributed by atoms with E-state index in [9.17, 15) is 9.59 Å². The van der Waals surface area contributed by atoms with Gasteiger partial charge in [-0.2, -0.15) is 0 Å². The van der Waals surface area contributed by atoms with Gasteiger partial charge in [0.15, 0.2) is 5.60 Å². The van der Waals surface area contributed by atoms with E-state index in [0.29, 0.717) is 47.6 Å². The van der Waals surface area contributed by atoms with E-state index in [1.165, 1.54) is 16.2 Å². The van der Waals surface area contributed by atoms with E-state index in [0.717, 1.165) is 31.2 Å². The fourth-order valence-corrected chi connectivity index (χ4v) is 5.30. The van der Waals surface area contributed by atoms with Crippen molar-refractivity contribution >= 4 is 39.8 Å². The summed E-state index contributed by atoms with van der Waals surface area (Å²) in [7, 11) is 0. The van der Waals surface area contributed by atoms with Crippen molar-refractivity contribution in [2.45, 2.75) is 45.1 Å². The molecule has 2 aromatic rings. The molecule has 0 radical (unpaired) electrons. The molecular weight excluding hydrogens is 436 g/mol. The van der Waals surface area contributed by atoms with Gasteiger partial charge in [0.05, 0.1) is 18.8 Å². The molecule has 1 aromatic carbocycles. The summed E-state index contributed by atoms with van der Waals surface area (Å²) >= 11 is 7.46. The smallest absolute Gasteiger partial charge is 0.268 e. The van der Waals surface area contributed by atoms with Crippen LogP contribution in [-0.4, -0.2) is 48.6 Å². The fraction of sp³-hybridized carbons (Fsp3) is 0.478. The van der Waals surface area contributed by atoms with Crippen LogP contribution >= 0.6 is 22.9 Å². The number of benzene rings is 1. The summed E-state index contributed by atoms with van der Waals surface area (Å²) in [6.45, 7) is 5.66. The van der Waals surface area contributed by atoms with E-state index in [4.69, 9.17) is 21.1 Å². The average Bonchev–Trinajstić information content (AvgIpc) is 3.13. The fourth-order valence-electron chi connectivity index (χ4n) is 3.90. The lowest BCUT2D eigenvalue weighted by molar-refractivity contribution is -0.128. The maximum Gasteiger partial charge on any atom is 0.268 e. The minimum Gasteiger partial charge on any atom is -0.478 e. The van der Waals surface area contributed by atoms with Crippen LogP contribution in [0.5, 0.6) is 5.75 Å². The van der Waals surface area contributed by atoms with Crippen LogP contribution < -0.4 is 10.1 Å². The molecule has 0 bridgehead atoms. The number of morpholine rings is 1. The summed E-state index contributed by atoms with van der Waals surface area (Å²) in [5, 5.41) is 4.24. The van der Waals surface area contributed by atoms with Crippen molar-refractivity contribution in [2.24, 2.45) is 0 Å². The largest absolute Gasteiger partial charge is 0.478 e. The Labute approximate surface area is 191 Å². The number of halogens is 1. The number of hydrogen-bond donors (Lipinski definition) is 1. The Bertz CT molecular complexity index is 965. The van der Waals surface area contributed by atoms with Gasteiger partial charge in [0, 0.05) is 23.0 Å². The number of carbonyl (C=O) groups is 2. The van der Waals surface area contributed by atoms with Gasteiger partial charge in [-0.3, -0.25) is 9.59 Å². The van der Waals surface area contributed by atoms with Crippen LogP contribution in [-0.2, 0) is 22.4 Å². The highest BCUT2D eigenvalue weighted by molar-refractivity contribution is 7.17. The second-order valence-corrected chi connectivity index (χ2v) is 9.88. The van der Waals surface area contributed by atoms with Crippen LogP contribution in [0.3, 0.4) is 0 Å². The Morgan fingerprint density at radius 2 is 1.81 bits per heavy atom. The lowest BCUT2D eigenvalue weighted by atomic mass is 9.95. The Morgan fingerprint density at radius 3 is 2.52 bits per heavy atom. The van der Waals surface area contributed by atoms with Gasteiger partial charge in [-0.05, 0) is 69.4 Å². The van der Waals surface area contributed by atoms with Gasteiger partial charge in [0.25, 0.3) is 11.8 Å². The number of aryl methyl sites for hydroxylation is 1. The zero-order chi connectivity index (χ0) is 22.0. The standard InChI is InChI=1S/C23H27ClN2O4S/c1-23(2,30-16-9-7-15(24)8-10-16)22(28)25-20-19(17-5-3-4-6-18(17)31-20)21(27)26-11-13-29-14-12-26/h7-10H,3-6,11-14H2,1-2H3,(H,25,28). The molecule has 0 unspecified atom stereocenters. The summed E-state index contributed by atoms with van der Waals surface area (Å²) in [6.07, 6.45) is 3.99. The highest BCUT2D eigenvalue weighted by atomic mass is 35.5. The van der Waals surface area contributed by atoms with Crippen molar-refractivity contribution < 1.29 is 19.1 Å². The van der Waals surface area contributed by atoms with Crippen LogP contribution in [0.2, 0.25) is 5.02 Å². The molecule has 2 aliphatic rings. The third-order valence-electron chi connectivity index (χ3n) is 5.64. The van der Waals surface area contributed by atoms with Crippen molar-refractivity contribution in [3.63, 3.8) is 0 Å². The number of hydrogen-bond acceptors (Lipinski definition) is 5. The minimum absolute atomic E-state index is 0.0191. The monoisotopic (exact) mass is 462 g/mol. The molecule has 1 aliphatic carbocycles. The highest BCUT2D eigenvalue weighted by Gasteiger charge is 2.34. The maximum atomic E-state index is 13.4. The Balaban J connectivity index is 1.58. The summed E-state index contributed by atoms with van der Waals surface area (Å²) in [6, 6.07) is 6.90. The van der Waals surface area contributed by atoms with Crippen LogP contribution in [0.1, 0.15) is 47.5 Å². The number of nitrogens with zero attached hydrogens (tertiary/aromatic N) is 1. The molecule has 6 nitrogen and oxygen atoms in total. The number of rotatable bonds is 5. The first-order valence-electron chi connectivity index (χ1n) is 10.6. The Morgan fingerprint density at radius 1 is 1.13 bits per heavy atom. The van der Waals surface area contributed by atoms with Crippen LogP contribution in [0, 0.1) is 0 Å². The quantitative estimate of drug-likeness (QED) is 0.707. The zero-order valence-corrected chi connectivity index (χ0v) is 19.4. The molecule has 8 heteroatoms. The molecule has 1 aliphatic heterocycles. The van der Waals surface area contributed by atoms with E-state index >= 15 is 0 Å². The topological polar surface area (TPSA) is 67.9 Å². The zero-order valence-electron chi connectivity index (χ0n) is 17.8. The highest BCUT2D eigenvalue weighted by Crippen LogP contribution is 2.39. The maximum absolute atomic E-state index is 13.4. The Hall–Kier alpha value is -2.09. The molecule has 1 aromatic heterocycles. The molecule has 4 rings (SSSR count). The van der Waals surface area contributed by atoms with E-state index < -0.39 is 5.60 Å². The van der Waals surface area contributed by atoms with Crippen LogP contribution in [0.4, 0.5) is 5.00 Å². The first-order valence-corrected chi connectivity index (χ1v) is 11.8. The number of ether oxygens (including phenoxy) is 2. The van der Waals surface area contributed by atoms with E-state index in [1.807, 2.05) is 4.90 Å². The van der Waals surface area contributed by atoms with E-state index in [-0.39, 0.29) is 11.8 Å². The number of carbonyl (C=O) groups excluding carboxylic acids is 2. The van der Waals surface area contributed by atoms with Crippen LogP contribution in [0.15, 0.2) is 24.3 Å². The van der Waals surface area contributed by atoms with Crippen molar-refractivity contribution in [1.29, 1.82) is 0 Å². The summed E-state index contributed by atoms with van der Waals surface area (Å²) in [5.41, 5.74) is 0.620. The van der Waals surface area contributed by atoms with Gasteiger partial charge < -0.3 is 19.7 Å². The third kappa shape index (κ3) is 4.89. The molecule has 2 amide bonds. The van der Waals surface area contributed by atoms with Gasteiger partial charge in [0.1, 0.15) is 10.8 Å². The van der Waals surface area contributed by atoms with Crippen molar-refractivity contribution in [3.05, 3.63) is 45.3 Å². The second-order valence-electron chi connectivity index (χ2n) is 8.34. The molecule has 0 spiro atoms. The summed E-state index contributed by atoms with van der Waals surface area (Å²) in [4.78, 5) is 29.6. The molecular formula is C23H27ClN2O4S. The third-order valence-corrected chi connectivity index (χ3v) is 7.10. The average molecular weight is 463 g/mol. The van der Waals surface area contributed by atoms with Crippen molar-refractivity contribution in [3.8, 4) is 5.75 Å². The summed E-state index contributed by atoms with van der Waals surface area (Å²) in [5.74, 6) is 0.242. The first-order chi connectivity index (χ1) is 14.8. The van der Waals surface area contributed by atoms with Crippen LogP contribution in [0.25, 0.3) is 0 Å². The van der Waals surface area contributed by atoms with Gasteiger partial charge in [-0.25, -0.2) is 0 Å². The number of amides is 2. The second kappa shape index (κ2) is 9.18. The van der Waals surface area contributed by atoms with Gasteiger partial charge in [-0.1, -0.05) is 11.6 Å². The first kappa shape index (κ1) is 22.1. The molecule has 31 heavy (non-hydrogen) atoms. The molecule has 0 atom stereocenters. The minimum atomic E-state index is -1.13. The lowest BCUT2D eigenvalue weighted by Gasteiger charge is -2.28. The number of nitrogens with one attached hydrogen (secondary N) is 1. The molecule has 1 fully saturated rings. The normalized spacial score (nSPS) is 16.5. The van der Waals surface area contributed by atoms with E-state index in [1.54, 1.807) is 38.1 Å². The van der Waals surface area contributed by atoms with Crippen molar-refractivity contribution in [2.75, 3.05) is 31.6 Å². The lowest BCUT2D eigenvalue weighted by Crippen LogP contribution is -2.43. The Kier molecular flexibility index (Phi) is 6.55. The predicted octanol–water partition coefficient (Wildman–Crippen LogP) is 4.55. The number of fused-ring (bicyclic) bond motifs is 1.